The van der Waals surface area contributed by atoms with Crippen LogP contribution in [0.2, 0.25) is 0 Å². The molecule has 9 saturated heterocycles. The van der Waals surface area contributed by atoms with Gasteiger partial charge >= 0.3 is 40.4 Å². The van der Waals surface area contributed by atoms with E-state index in [0.717, 1.165) is 23.5 Å². The molecule has 21 rings (SSSR count). The van der Waals surface area contributed by atoms with Crippen LogP contribution in [0.1, 0.15) is 54.1 Å². The number of imidazole rings is 6. The number of hydrogen-bond acceptors (Lipinski definition) is 45. The van der Waals surface area contributed by atoms with E-state index in [0.29, 0.717) is 39.4 Å². The van der Waals surface area contributed by atoms with Gasteiger partial charge in [-0.3, -0.25) is 79.3 Å². The van der Waals surface area contributed by atoms with Crippen LogP contribution in [0.4, 0.5) is 52.5 Å². The zero-order chi connectivity index (χ0) is 93.8. The molecule has 6 unspecified atom stereocenters. The predicted octanol–water partition coefficient (Wildman–Crippen LogP) is 3.55. The van der Waals surface area contributed by atoms with Crippen LogP contribution in [0, 0.1) is 0 Å². The molecule has 12 aromatic heterocycles. The lowest BCUT2D eigenvalue weighted by atomic mass is 10.1. The Kier molecular flexibility index (Phi) is 26.2. The Morgan fingerprint density at radius 1 is 0.414 bits per heavy atom. The van der Waals surface area contributed by atoms with Gasteiger partial charge in [-0.1, -0.05) is 12.2 Å². The Morgan fingerprint density at radius 2 is 0.820 bits per heavy atom. The van der Waals surface area contributed by atoms with Crippen molar-refractivity contribution in [2.75, 3.05) is 74.0 Å². The molecule has 714 valence electrons. The van der Waals surface area contributed by atoms with Gasteiger partial charge in [0.25, 0.3) is 16.7 Å². The van der Waals surface area contributed by atoms with Crippen LogP contribution >= 0.6 is 76.2 Å². The number of nitrogens with zero attached hydrogens (tertiary/aromatic N) is 18. The largest absolute Gasteiger partial charge is 0.397 e. The van der Waals surface area contributed by atoms with Crippen LogP contribution in [0.15, 0.2) is 89.0 Å². The summed E-state index contributed by atoms with van der Waals surface area (Å²) in [4.78, 5) is 145. The number of hydrogen-bond donors (Lipinski definition) is 15. The fraction of sp³-hybridized carbons (Fsp3) is 0.476. The first-order valence-electron chi connectivity index (χ1n) is 38.9. The first-order chi connectivity index (χ1) is 63.1. The van der Waals surface area contributed by atoms with Crippen molar-refractivity contribution in [3.63, 3.8) is 0 Å². The molecule has 0 aliphatic carbocycles. The molecule has 20 N–H and O–H groups in total. The smallest absolute Gasteiger partial charge is 0.386 e. The van der Waals surface area contributed by atoms with E-state index in [1.165, 1.54) is 85.2 Å². The average molecular weight is 2120 g/mol. The van der Waals surface area contributed by atoms with Gasteiger partial charge < -0.3 is 105 Å². The number of halogens is 4. The fourth-order valence-electron chi connectivity index (χ4n) is 16.0. The molecule has 0 aromatic carbocycles. The first-order valence-corrected chi connectivity index (χ1v) is 56.5. The zero-order valence-corrected chi connectivity index (χ0v) is 78.7. The molecular formula is C63H71F4N27O25P6S8. The van der Waals surface area contributed by atoms with Gasteiger partial charge in [0.15, 0.2) is 81.5 Å². The lowest BCUT2D eigenvalue weighted by molar-refractivity contribution is -0.0529. The monoisotopic (exact) mass is 2120 g/mol. The van der Waals surface area contributed by atoms with Gasteiger partial charge in [-0.25, -0.2) is 66.5 Å². The molecule has 133 heavy (non-hydrogen) atoms. The van der Waals surface area contributed by atoms with Gasteiger partial charge in [-0.05, 0) is 77.2 Å². The topological polar surface area (TPSA) is 704 Å². The molecule has 21 heterocycles. The van der Waals surface area contributed by atoms with Crippen molar-refractivity contribution in [3.05, 3.63) is 111 Å². The van der Waals surface area contributed by atoms with Gasteiger partial charge in [-0.15, -0.1) is 23.5 Å². The van der Waals surface area contributed by atoms with E-state index >= 15 is 17.6 Å². The second-order valence-electron chi connectivity index (χ2n) is 30.5. The average Bonchev–Trinajstić information content (AvgIpc) is 1.63. The molecule has 70 heteroatoms. The molecule has 6 bridgehead atoms. The number of fused-ring (bicyclic) bond motifs is 15. The molecule has 52 nitrogen and oxygen atoms in total. The van der Waals surface area contributed by atoms with Gasteiger partial charge in [0.2, 0.25) is 17.8 Å². The van der Waals surface area contributed by atoms with Crippen LogP contribution in [0.3, 0.4) is 0 Å². The van der Waals surface area contributed by atoms with Gasteiger partial charge in [-0.2, -0.15) is 20.1 Å². The lowest BCUT2D eigenvalue weighted by Crippen LogP contribution is -2.34. The summed E-state index contributed by atoms with van der Waals surface area (Å²) < 4.78 is 178. The summed E-state index contributed by atoms with van der Waals surface area (Å²) >= 11 is 32.2. The summed E-state index contributed by atoms with van der Waals surface area (Å²) in [5.74, 6) is -0.549. The highest BCUT2D eigenvalue weighted by Crippen LogP contribution is 2.63. The van der Waals surface area contributed by atoms with Crippen LogP contribution in [-0.2, 0) is 137 Å². The maximum atomic E-state index is 16.0. The SMILES string of the molecule is Nc1nc2c(ncn2[C@@H]2O[C@@H]3COP(O)(=S)O[C@H]4C[C@H](c5cnc6c(N)ccnn56)O[C@@H]4COP(=O)(S)O[C@@H]2C3)c(=O)[nH]1.Nc1nc2c(ncn2[C@@H]2S[C@@H]3COP(O)(=S)O[C@H]4[C@H](F)[C@H](n5cnc6c(N)ccnc65)O[C@@H]4COP(O)(=S)O[C@@H]2[C@H]3F)c(=O)[nH]1.Nc1nc2c(ncn2[C@@H]2S[C@@H]3COP(O)(=S)O[C@H]4[C@H](F)[C@H](n5cnc6c(N)ccnc65)O[C@@H]4COP(O)(=S)O[C@@H]2[C@H]3F)c(=O)[nH]1. The number of H-pyrrole nitrogens is 3. The quantitative estimate of drug-likeness (QED) is 0.0643. The normalized spacial score (nSPS) is 36.9. The molecule has 9 aliphatic heterocycles. The number of thioether (sulfide) groups is 2. The highest BCUT2D eigenvalue weighted by molar-refractivity contribution is 8.44. The van der Waals surface area contributed by atoms with Crippen LogP contribution in [-0.4, -0.2) is 263 Å². The van der Waals surface area contributed by atoms with E-state index in [1.54, 1.807) is 16.8 Å². The third-order valence-electron chi connectivity index (χ3n) is 21.9. The summed E-state index contributed by atoms with van der Waals surface area (Å²) in [6.07, 6.45) is -11.6. The third-order valence-corrected chi connectivity index (χ3v) is 34.4. The molecule has 0 amide bonds. The van der Waals surface area contributed by atoms with E-state index in [1.807, 2.05) is 0 Å². The number of pyridine rings is 2. The van der Waals surface area contributed by atoms with Crippen LogP contribution < -0.4 is 51.1 Å². The molecule has 28 atom stereocenters. The van der Waals surface area contributed by atoms with Crippen molar-refractivity contribution >= 4 is 232 Å². The molecule has 9 aliphatic rings. The second kappa shape index (κ2) is 36.7. The standard InChI is InChI=1S/2C21H23F2N9O8P2S3.C21H25N9O9P2S2/c2*22-10-9-4-37-42(35,44)39-14-8(38-19(11(14)23)31-5-27-12-7(24)1-2-26-16(12)31)3-36-41(34,43)40-15(10)20(45-9)32-6-28-13-17(32)29-21(25)30-18(13)33;22-10-1-2-26-30-11(5-24-17(10)30)12-4-13-15(37-12)7-35-41(33,43)39-14-3-9(6-34-40(32,42)38-13)36-20(14)29-8-25-16-18(29)27-21(23)28-19(16)31/h2*1-2,5-6,8-11,14-15,19-20H,3-4H2,(H2,24,26)(H,34,43)(H,35,44)(H3,25,29,30,33);1-2,5,8-9,12-15,20H,3-4,6-7,22H2,(H,32,42)(H,33,43)(H3,23,27,28,31)/t2*8-,9-,10+,11+,14-,15-,19-,20-,41?,42?;9-,12+,13-,14+,15+,20+,40?,41?/m110/s1. The Hall–Kier alpha value is -6.88. The number of nitrogens with two attached hydrogens (primary N) is 6. The summed E-state index contributed by atoms with van der Waals surface area (Å²) in [6, 6.07) is 4.68. The number of alkyl halides is 4. The van der Waals surface area contributed by atoms with Gasteiger partial charge in [0.05, 0.1) is 129 Å². The maximum absolute atomic E-state index is 16.0. The van der Waals surface area contributed by atoms with Crippen LogP contribution in [0.5, 0.6) is 0 Å². The molecule has 0 radical (unpaired) electrons. The van der Waals surface area contributed by atoms with Crippen molar-refractivity contribution in [1.82, 2.24) is 102 Å². The minimum absolute atomic E-state index is 0.0121. The molecule has 12 aromatic rings. The van der Waals surface area contributed by atoms with Crippen molar-refractivity contribution in [1.29, 1.82) is 0 Å². The third kappa shape index (κ3) is 19.1. The van der Waals surface area contributed by atoms with Crippen molar-refractivity contribution in [3.8, 4) is 0 Å². The maximum Gasteiger partial charge on any atom is 0.386 e. The Balaban J connectivity index is 0.000000129. The molecular weight excluding hydrogens is 2050 g/mol. The van der Waals surface area contributed by atoms with Crippen molar-refractivity contribution < 1.29 is 120 Å². The number of anilines is 6. The summed E-state index contributed by atoms with van der Waals surface area (Å²) in [5, 5.41) is 0.109. The number of nitrogens with one attached hydrogen (secondary N) is 3. The zero-order valence-electron chi connectivity index (χ0n) is 66.7. The Labute approximate surface area is 778 Å². The summed E-state index contributed by atoms with van der Waals surface area (Å²) in [5.41, 5.74) is 36.4. The number of aromatic amines is 3. The number of aromatic nitrogens is 21. The number of thiol groups is 1. The summed E-state index contributed by atoms with van der Waals surface area (Å²) in [6.45, 7) is -27.7. The lowest BCUT2D eigenvalue weighted by Gasteiger charge is -2.27. The first kappa shape index (κ1) is 95.1. The highest BCUT2D eigenvalue weighted by Gasteiger charge is 2.57. The second-order valence-corrected chi connectivity index (χ2v) is 50.0. The molecule has 0 spiro atoms. The molecule has 9 fully saturated rings. The van der Waals surface area contributed by atoms with Crippen LogP contribution in [0.25, 0.3) is 61.5 Å². The van der Waals surface area contributed by atoms with E-state index in [-0.39, 0.29) is 88.7 Å². The summed E-state index contributed by atoms with van der Waals surface area (Å²) in [7, 11) is 0. The minimum Gasteiger partial charge on any atom is -0.397 e. The highest BCUT2D eigenvalue weighted by atomic mass is 32.7. The Bertz CT molecular complexity index is 6790. The minimum atomic E-state index is -4.27. The van der Waals surface area contributed by atoms with Gasteiger partial charge in [0.1, 0.15) is 89.1 Å². The number of nitrogen functional groups attached to an aromatic ring is 6. The van der Waals surface area contributed by atoms with E-state index in [4.69, 9.17) is 167 Å². The van der Waals surface area contributed by atoms with E-state index in [2.05, 4.69) is 87.1 Å². The van der Waals surface area contributed by atoms with E-state index in [9.17, 15) is 43.4 Å². The van der Waals surface area contributed by atoms with Gasteiger partial charge in [0, 0.05) is 25.2 Å². The molecule has 0 saturated carbocycles. The number of ether oxygens (including phenoxy) is 4. The van der Waals surface area contributed by atoms with E-state index < -0.39 is 215 Å². The number of rotatable bonds is 6. The Morgan fingerprint density at radius 3 is 1.30 bits per heavy atom. The predicted molar refractivity (Wildman–Crippen MR) is 482 cm³/mol. The van der Waals surface area contributed by atoms with Crippen molar-refractivity contribution in [2.24, 2.45) is 0 Å². The van der Waals surface area contributed by atoms with Crippen molar-refractivity contribution in [2.45, 2.75) is 145 Å². The fourth-order valence-corrected chi connectivity index (χ4v) is 28.0.